The van der Waals surface area contributed by atoms with E-state index in [1.54, 1.807) is 0 Å². The first-order valence-electron chi connectivity index (χ1n) is 5.34. The maximum absolute atomic E-state index is 11.5. The van der Waals surface area contributed by atoms with Gasteiger partial charge in [-0.1, -0.05) is 0 Å². The standard InChI is InChI=1S/C8H7ClO3/c9-4-8(12)5-1-2-6(10)7(11)3-5/h1-3,10-11H,4H2/i1D,2D,3D,4D2. The summed E-state index contributed by atoms with van der Waals surface area (Å²) in [4.78, 5) is 11.5. The predicted molar refractivity (Wildman–Crippen MR) is 44.8 cm³/mol. The average Bonchev–Trinajstić information content (AvgIpc) is 2.22. The zero-order valence-corrected chi connectivity index (χ0v) is 6.44. The third-order valence-corrected chi connectivity index (χ3v) is 1.26. The van der Waals surface area contributed by atoms with E-state index in [2.05, 4.69) is 0 Å². The van der Waals surface area contributed by atoms with Crippen molar-refractivity contribution in [3.63, 3.8) is 0 Å². The zero-order valence-electron chi connectivity index (χ0n) is 10.7. The van der Waals surface area contributed by atoms with Crippen LogP contribution in [0.5, 0.6) is 11.5 Å². The Morgan fingerprint density at radius 1 is 1.58 bits per heavy atom. The maximum atomic E-state index is 11.5. The summed E-state index contributed by atoms with van der Waals surface area (Å²) in [5, 5.41) is 18.4. The SMILES string of the molecule is [2H]c1c([2H])c(C(=O)C([2H])([2H])Cl)c([2H])c(O)c1O. The fraction of sp³-hybridized carbons (Fsp3) is 0.125. The van der Waals surface area contributed by atoms with Crippen LogP contribution in [-0.4, -0.2) is 21.8 Å². The molecule has 0 atom stereocenters. The Balaban J connectivity index is 3.62. The van der Waals surface area contributed by atoms with Crippen molar-refractivity contribution in [2.24, 2.45) is 0 Å². The van der Waals surface area contributed by atoms with Gasteiger partial charge in [-0.15, -0.1) is 11.6 Å². The molecule has 2 N–H and O–H groups in total. The number of halogens is 1. The van der Waals surface area contributed by atoms with E-state index in [1.807, 2.05) is 0 Å². The van der Waals surface area contributed by atoms with Crippen molar-refractivity contribution in [1.82, 2.24) is 0 Å². The summed E-state index contributed by atoms with van der Waals surface area (Å²) in [5.41, 5.74) is -0.842. The quantitative estimate of drug-likeness (QED) is 0.423. The number of alkyl halides is 1. The number of carbonyl (C=O) groups is 1. The van der Waals surface area contributed by atoms with Gasteiger partial charge in [0.05, 0.1) is 12.7 Å². The van der Waals surface area contributed by atoms with Crippen LogP contribution in [0.4, 0.5) is 0 Å². The second-order valence-corrected chi connectivity index (χ2v) is 2.06. The van der Waals surface area contributed by atoms with Crippen LogP contribution in [0, 0.1) is 0 Å². The van der Waals surface area contributed by atoms with Gasteiger partial charge < -0.3 is 10.2 Å². The van der Waals surface area contributed by atoms with Crippen LogP contribution in [0.1, 0.15) is 17.2 Å². The zero-order chi connectivity index (χ0) is 13.5. The van der Waals surface area contributed by atoms with Gasteiger partial charge in [0.2, 0.25) is 0 Å². The third kappa shape index (κ3) is 1.68. The lowest BCUT2D eigenvalue weighted by Crippen LogP contribution is -1.99. The molecule has 1 aromatic carbocycles. The number of hydrogen-bond donors (Lipinski definition) is 2. The Labute approximate surface area is 81.2 Å². The molecule has 3 nitrogen and oxygen atoms in total. The fourth-order valence-electron chi connectivity index (χ4n) is 0.551. The molecule has 0 radical (unpaired) electrons. The molecular weight excluding hydrogens is 180 g/mol. The highest BCUT2D eigenvalue weighted by Crippen LogP contribution is 2.24. The van der Waals surface area contributed by atoms with E-state index in [1.165, 1.54) is 0 Å². The number of benzene rings is 1. The molecule has 0 aliphatic rings. The predicted octanol–water partition coefficient (Wildman–Crippen LogP) is 1.52. The topological polar surface area (TPSA) is 57.5 Å². The van der Waals surface area contributed by atoms with Crippen molar-refractivity contribution in [2.75, 3.05) is 5.83 Å². The highest BCUT2D eigenvalue weighted by Gasteiger charge is 2.06. The van der Waals surface area contributed by atoms with E-state index >= 15 is 0 Å². The number of aromatic hydroxyl groups is 2. The van der Waals surface area contributed by atoms with Gasteiger partial charge in [0.1, 0.15) is 0 Å². The van der Waals surface area contributed by atoms with Crippen LogP contribution in [0.25, 0.3) is 0 Å². The van der Waals surface area contributed by atoms with E-state index in [4.69, 9.17) is 23.6 Å². The van der Waals surface area contributed by atoms with E-state index in [-0.39, 0.29) is 0 Å². The van der Waals surface area contributed by atoms with Crippen LogP contribution in [0.2, 0.25) is 0 Å². The van der Waals surface area contributed by atoms with Crippen molar-refractivity contribution in [3.8, 4) is 11.5 Å². The molecule has 0 bridgehead atoms. The Bertz CT molecular complexity index is 468. The van der Waals surface area contributed by atoms with Gasteiger partial charge in [-0.3, -0.25) is 4.79 Å². The molecule has 0 aromatic heterocycles. The molecule has 64 valence electrons. The largest absolute Gasteiger partial charge is 0.504 e. The summed E-state index contributed by atoms with van der Waals surface area (Å²) in [6.07, 6.45) is 0. The lowest BCUT2D eigenvalue weighted by molar-refractivity contribution is 0.102. The number of Topliss-reactive ketones (excluding diaryl/α,β-unsaturated/α-hetero) is 1. The summed E-state index contributed by atoms with van der Waals surface area (Å²) in [6, 6.07) is -2.67. The lowest BCUT2D eigenvalue weighted by atomic mass is 10.1. The van der Waals surface area contributed by atoms with Crippen molar-refractivity contribution in [3.05, 3.63) is 23.7 Å². The van der Waals surface area contributed by atoms with Crippen LogP contribution in [-0.2, 0) is 0 Å². The first-order chi connectivity index (χ1) is 7.59. The van der Waals surface area contributed by atoms with E-state index in [0.29, 0.717) is 0 Å². The minimum atomic E-state index is -2.86. The summed E-state index contributed by atoms with van der Waals surface area (Å²) in [7, 11) is 0. The molecular formula is C8H7ClO3. The van der Waals surface area contributed by atoms with Gasteiger partial charge in [0.15, 0.2) is 17.3 Å². The number of phenolic OH excluding ortho intramolecular Hbond substituents is 2. The molecule has 1 rings (SSSR count). The minimum absolute atomic E-state index is 0.842. The van der Waals surface area contributed by atoms with Crippen molar-refractivity contribution < 1.29 is 21.9 Å². The Hall–Kier alpha value is -1.22. The van der Waals surface area contributed by atoms with Gasteiger partial charge in [-0.05, 0) is 18.1 Å². The van der Waals surface area contributed by atoms with Crippen LogP contribution in [0.3, 0.4) is 0 Å². The molecule has 0 amide bonds. The second kappa shape index (κ2) is 3.45. The molecule has 1 aromatic rings. The normalized spacial score (nSPS) is 16.9. The number of carbonyl (C=O) groups excluding carboxylic acids is 1. The molecule has 0 heterocycles. The average molecular weight is 192 g/mol. The highest BCUT2D eigenvalue weighted by atomic mass is 35.5. The smallest absolute Gasteiger partial charge is 0.177 e. The summed E-state index contributed by atoms with van der Waals surface area (Å²) in [6.45, 7) is 0. The number of hydrogen-bond acceptors (Lipinski definition) is 3. The minimum Gasteiger partial charge on any atom is -0.504 e. The van der Waals surface area contributed by atoms with Gasteiger partial charge in [0, 0.05) is 5.56 Å². The van der Waals surface area contributed by atoms with Crippen molar-refractivity contribution in [1.29, 1.82) is 0 Å². The van der Waals surface area contributed by atoms with Gasteiger partial charge in [-0.25, -0.2) is 0 Å². The molecule has 0 saturated carbocycles. The number of phenols is 2. The Morgan fingerprint density at radius 3 is 2.83 bits per heavy atom. The summed E-state index contributed by atoms with van der Waals surface area (Å²) < 4.78 is 35.9. The molecule has 0 unspecified atom stereocenters. The fourth-order valence-corrected chi connectivity index (χ4v) is 0.645. The summed E-state index contributed by atoms with van der Waals surface area (Å²) >= 11 is 5.12. The first kappa shape index (κ1) is 4.14. The molecule has 0 aliphatic carbocycles. The lowest BCUT2D eigenvalue weighted by Gasteiger charge is -1.99. The molecule has 4 heteroatoms. The van der Waals surface area contributed by atoms with Gasteiger partial charge in [0.25, 0.3) is 0 Å². The summed E-state index contributed by atoms with van der Waals surface area (Å²) in [5.74, 6) is -6.35. The molecule has 0 saturated heterocycles. The Morgan fingerprint density at radius 2 is 2.25 bits per heavy atom. The van der Waals surface area contributed by atoms with Crippen LogP contribution >= 0.6 is 11.6 Å². The van der Waals surface area contributed by atoms with Crippen molar-refractivity contribution in [2.45, 2.75) is 0 Å². The van der Waals surface area contributed by atoms with E-state index in [0.717, 1.165) is 0 Å². The molecule has 0 aliphatic heterocycles. The molecule has 12 heavy (non-hydrogen) atoms. The Kier molecular flexibility index (Phi) is 1.19. The van der Waals surface area contributed by atoms with E-state index < -0.39 is 46.8 Å². The molecule has 0 fully saturated rings. The van der Waals surface area contributed by atoms with Gasteiger partial charge >= 0.3 is 0 Å². The maximum Gasteiger partial charge on any atom is 0.177 e. The monoisotopic (exact) mass is 191 g/mol. The van der Waals surface area contributed by atoms with Crippen LogP contribution < -0.4 is 0 Å². The number of ketones is 1. The third-order valence-electron chi connectivity index (χ3n) is 1.09. The first-order valence-corrected chi connectivity index (χ1v) is 3.22. The second-order valence-electron chi connectivity index (χ2n) is 1.87. The van der Waals surface area contributed by atoms with Crippen molar-refractivity contribution >= 4 is 17.4 Å². The van der Waals surface area contributed by atoms with Gasteiger partial charge in [-0.2, -0.15) is 0 Å². The van der Waals surface area contributed by atoms with Crippen LogP contribution in [0.15, 0.2) is 18.1 Å². The molecule has 0 spiro atoms. The van der Waals surface area contributed by atoms with E-state index in [9.17, 15) is 9.90 Å². The number of rotatable bonds is 2. The highest BCUT2D eigenvalue weighted by molar-refractivity contribution is 6.30.